The number of aromatic nitrogens is 2. The van der Waals surface area contributed by atoms with E-state index in [4.69, 9.17) is 9.26 Å². The van der Waals surface area contributed by atoms with Crippen LogP contribution in [0.15, 0.2) is 35.0 Å². The maximum atomic E-state index is 13.1. The maximum Gasteiger partial charge on any atom is 0.254 e. The van der Waals surface area contributed by atoms with Crippen molar-refractivity contribution in [2.24, 2.45) is 0 Å². The number of morpholine rings is 1. The number of rotatable bonds is 3. The van der Waals surface area contributed by atoms with Gasteiger partial charge in [0.05, 0.1) is 24.4 Å². The first-order valence-corrected chi connectivity index (χ1v) is 9.74. The number of hydrogen-bond donors (Lipinski definition) is 1. The molecule has 3 aromatic rings. The number of fused-ring (bicyclic) bond motifs is 2. The number of carbonyl (C=O) groups excluding carboxylic acids is 1. The fourth-order valence-electron chi connectivity index (χ4n) is 4.42. The van der Waals surface area contributed by atoms with Gasteiger partial charge in [0, 0.05) is 54.4 Å². The number of ether oxygens (including phenoxy) is 1. The Morgan fingerprint density at radius 2 is 2.18 bits per heavy atom. The average molecular weight is 380 g/mol. The zero-order valence-corrected chi connectivity index (χ0v) is 16.1. The largest absolute Gasteiger partial charge is 0.373 e. The van der Waals surface area contributed by atoms with Crippen LogP contribution in [0.5, 0.6) is 0 Å². The molecular formula is C21H24N4O3. The fraction of sp³-hybridized carbons (Fsp3) is 0.429. The predicted molar refractivity (Wildman–Crippen MR) is 104 cm³/mol. The summed E-state index contributed by atoms with van der Waals surface area (Å²) in [5.74, 6) is 0.935. The van der Waals surface area contributed by atoms with E-state index in [0.717, 1.165) is 46.6 Å². The Bertz CT molecular complexity index is 1000. The average Bonchev–Trinajstić information content (AvgIpc) is 3.41. The zero-order chi connectivity index (χ0) is 19.3. The molecule has 0 radical (unpaired) electrons. The second kappa shape index (κ2) is 6.76. The van der Waals surface area contributed by atoms with Gasteiger partial charge in [0.2, 0.25) is 0 Å². The lowest BCUT2D eigenvalue weighted by atomic mass is 10.1. The molecule has 2 saturated heterocycles. The minimum Gasteiger partial charge on any atom is -0.373 e. The molecule has 1 amide bonds. The van der Waals surface area contributed by atoms with Crippen molar-refractivity contribution in [3.8, 4) is 0 Å². The van der Waals surface area contributed by atoms with Crippen LogP contribution < -0.4 is 0 Å². The Kier molecular flexibility index (Phi) is 4.21. The van der Waals surface area contributed by atoms with Crippen LogP contribution in [0.2, 0.25) is 0 Å². The van der Waals surface area contributed by atoms with Crippen molar-refractivity contribution < 1.29 is 14.1 Å². The number of amides is 1. The maximum absolute atomic E-state index is 13.1. The smallest absolute Gasteiger partial charge is 0.254 e. The van der Waals surface area contributed by atoms with Crippen LogP contribution in [0.4, 0.5) is 0 Å². The first-order valence-electron chi connectivity index (χ1n) is 9.74. The van der Waals surface area contributed by atoms with Crippen molar-refractivity contribution >= 4 is 16.8 Å². The second-order valence-corrected chi connectivity index (χ2v) is 7.74. The molecule has 2 aromatic heterocycles. The summed E-state index contributed by atoms with van der Waals surface area (Å²) >= 11 is 0. The van der Waals surface area contributed by atoms with Crippen molar-refractivity contribution in [2.75, 3.05) is 26.2 Å². The topological polar surface area (TPSA) is 74.6 Å². The molecule has 2 atom stereocenters. The molecule has 1 aromatic carbocycles. The lowest BCUT2D eigenvalue weighted by Gasteiger charge is -2.36. The van der Waals surface area contributed by atoms with Gasteiger partial charge in [-0.05, 0) is 38.1 Å². The molecule has 2 aliphatic rings. The molecule has 7 heteroatoms. The summed E-state index contributed by atoms with van der Waals surface area (Å²) in [5, 5.41) is 5.12. The molecule has 2 aliphatic heterocycles. The van der Waals surface area contributed by atoms with Gasteiger partial charge in [-0.25, -0.2) is 0 Å². The van der Waals surface area contributed by atoms with Gasteiger partial charge in [0.15, 0.2) is 0 Å². The minimum absolute atomic E-state index is 0.0502. The number of benzene rings is 1. The van der Waals surface area contributed by atoms with Gasteiger partial charge >= 0.3 is 0 Å². The third-order valence-corrected chi connectivity index (χ3v) is 6.05. The number of H-pyrrole nitrogens is 1. The Labute approximate surface area is 163 Å². The molecule has 5 rings (SSSR count). The van der Waals surface area contributed by atoms with Crippen LogP contribution in [-0.2, 0) is 11.3 Å². The lowest BCUT2D eigenvalue weighted by molar-refractivity contribution is -0.0505. The highest BCUT2D eigenvalue weighted by atomic mass is 16.5. The van der Waals surface area contributed by atoms with E-state index in [2.05, 4.69) is 15.0 Å². The van der Waals surface area contributed by atoms with Crippen molar-refractivity contribution in [1.82, 2.24) is 19.9 Å². The van der Waals surface area contributed by atoms with Crippen molar-refractivity contribution in [3.63, 3.8) is 0 Å². The van der Waals surface area contributed by atoms with Crippen molar-refractivity contribution in [3.05, 3.63) is 53.0 Å². The van der Waals surface area contributed by atoms with Crippen LogP contribution >= 0.6 is 0 Å². The van der Waals surface area contributed by atoms with Gasteiger partial charge in [-0.15, -0.1) is 0 Å². The number of likely N-dealkylation sites (tertiary alicyclic amines) is 1. The monoisotopic (exact) mass is 380 g/mol. The van der Waals surface area contributed by atoms with E-state index in [0.29, 0.717) is 19.7 Å². The van der Waals surface area contributed by atoms with E-state index >= 15 is 0 Å². The molecule has 28 heavy (non-hydrogen) atoms. The minimum atomic E-state index is 0.0502. The highest BCUT2D eigenvalue weighted by molar-refractivity contribution is 5.98. The fourth-order valence-corrected chi connectivity index (χ4v) is 4.42. The molecule has 2 fully saturated rings. The van der Waals surface area contributed by atoms with E-state index in [-0.39, 0.29) is 18.1 Å². The van der Waals surface area contributed by atoms with Crippen LogP contribution in [0, 0.1) is 13.8 Å². The van der Waals surface area contributed by atoms with E-state index in [1.54, 1.807) is 0 Å². The number of aryl methyl sites for hydroxylation is 2. The van der Waals surface area contributed by atoms with Gasteiger partial charge in [-0.1, -0.05) is 5.16 Å². The molecule has 1 N–H and O–H groups in total. The molecule has 4 heterocycles. The first kappa shape index (κ1) is 17.5. The zero-order valence-electron chi connectivity index (χ0n) is 16.1. The van der Waals surface area contributed by atoms with Gasteiger partial charge in [0.1, 0.15) is 5.76 Å². The normalized spacial score (nSPS) is 22.7. The molecule has 7 nitrogen and oxygen atoms in total. The molecular weight excluding hydrogens is 356 g/mol. The van der Waals surface area contributed by atoms with Gasteiger partial charge in [-0.2, -0.15) is 0 Å². The summed E-state index contributed by atoms with van der Waals surface area (Å²) in [5.41, 5.74) is 3.85. The van der Waals surface area contributed by atoms with Crippen LogP contribution in [0.25, 0.3) is 10.9 Å². The number of aromatic amines is 1. The number of nitrogens with one attached hydrogen (secondary N) is 1. The Morgan fingerprint density at radius 1 is 1.29 bits per heavy atom. The highest BCUT2D eigenvalue weighted by Gasteiger charge is 2.42. The highest BCUT2D eigenvalue weighted by Crippen LogP contribution is 2.27. The number of carbonyl (C=O) groups is 1. The summed E-state index contributed by atoms with van der Waals surface area (Å²) in [6.07, 6.45) is 1.94. The van der Waals surface area contributed by atoms with E-state index in [9.17, 15) is 4.79 Å². The van der Waals surface area contributed by atoms with E-state index in [1.165, 1.54) is 0 Å². The molecule has 146 valence electrons. The second-order valence-electron chi connectivity index (χ2n) is 7.74. The van der Waals surface area contributed by atoms with Gasteiger partial charge in [-0.3, -0.25) is 9.69 Å². The molecule has 0 spiro atoms. The van der Waals surface area contributed by atoms with E-state index in [1.807, 2.05) is 49.2 Å². The molecule has 0 unspecified atom stereocenters. The summed E-state index contributed by atoms with van der Waals surface area (Å²) in [4.78, 5) is 20.6. The molecule has 0 saturated carbocycles. The Balaban J connectivity index is 1.34. The van der Waals surface area contributed by atoms with Crippen LogP contribution in [0.3, 0.4) is 0 Å². The van der Waals surface area contributed by atoms with Crippen molar-refractivity contribution in [2.45, 2.75) is 32.5 Å². The number of hydrogen-bond acceptors (Lipinski definition) is 5. The van der Waals surface area contributed by atoms with Crippen LogP contribution in [-0.4, -0.2) is 64.2 Å². The predicted octanol–water partition coefficient (Wildman–Crippen LogP) is 2.50. The standard InChI is InChI=1S/C21H24N4O3/c1-13-17(14(2)28-23-13)10-24-7-8-27-20-12-25(11-19(20)24)21(26)16-3-4-18-15(9-16)5-6-22-18/h3-6,9,19-20,22H,7-8,10-12H2,1-2H3/t19-,20+/m0/s1. The molecule has 0 bridgehead atoms. The summed E-state index contributed by atoms with van der Waals surface area (Å²) in [7, 11) is 0. The summed E-state index contributed by atoms with van der Waals surface area (Å²) in [6.45, 7) is 7.55. The first-order chi connectivity index (χ1) is 13.6. The third-order valence-electron chi connectivity index (χ3n) is 6.05. The Hall–Kier alpha value is -2.64. The third kappa shape index (κ3) is 2.91. The quantitative estimate of drug-likeness (QED) is 0.756. The Morgan fingerprint density at radius 3 is 3.00 bits per heavy atom. The van der Waals surface area contributed by atoms with Crippen molar-refractivity contribution in [1.29, 1.82) is 0 Å². The summed E-state index contributed by atoms with van der Waals surface area (Å²) < 4.78 is 11.3. The van der Waals surface area contributed by atoms with Gasteiger partial charge < -0.3 is 19.1 Å². The summed E-state index contributed by atoms with van der Waals surface area (Å²) in [6, 6.07) is 8.00. The van der Waals surface area contributed by atoms with Gasteiger partial charge in [0.25, 0.3) is 5.91 Å². The van der Waals surface area contributed by atoms with Crippen LogP contribution in [0.1, 0.15) is 27.4 Å². The van der Waals surface area contributed by atoms with E-state index < -0.39 is 0 Å². The lowest BCUT2D eigenvalue weighted by Crippen LogP contribution is -2.50. The molecule has 0 aliphatic carbocycles. The SMILES string of the molecule is Cc1noc(C)c1CN1CCO[C@@H]2CN(C(=O)c3ccc4[nH]ccc4c3)C[C@@H]21. The number of nitrogens with zero attached hydrogens (tertiary/aromatic N) is 3.